The summed E-state index contributed by atoms with van der Waals surface area (Å²) in [5.74, 6) is -0.785. The minimum absolute atomic E-state index is 0.0268. The summed E-state index contributed by atoms with van der Waals surface area (Å²) in [5, 5.41) is 0. The van der Waals surface area contributed by atoms with E-state index in [1.54, 1.807) is 12.1 Å². The van der Waals surface area contributed by atoms with Crippen molar-refractivity contribution in [2.45, 2.75) is 6.18 Å². The molecule has 34 heavy (non-hydrogen) atoms. The first kappa shape index (κ1) is 23.2. The van der Waals surface area contributed by atoms with Crippen molar-refractivity contribution in [3.8, 4) is 23.0 Å². The van der Waals surface area contributed by atoms with Gasteiger partial charge in [0.05, 0.1) is 37.7 Å². The van der Waals surface area contributed by atoms with E-state index in [-0.39, 0.29) is 48.6 Å². The first-order valence-electron chi connectivity index (χ1n) is 9.76. The third-order valence-corrected chi connectivity index (χ3v) is 4.98. The second-order valence-electron chi connectivity index (χ2n) is 7.01. The van der Waals surface area contributed by atoms with Gasteiger partial charge in [-0.2, -0.15) is 13.2 Å². The summed E-state index contributed by atoms with van der Waals surface area (Å²) >= 11 is 0. The van der Waals surface area contributed by atoms with Crippen LogP contribution in [0.25, 0.3) is 0 Å². The van der Waals surface area contributed by atoms with E-state index in [1.807, 2.05) is 0 Å². The van der Waals surface area contributed by atoms with Gasteiger partial charge in [0.15, 0.2) is 17.2 Å². The van der Waals surface area contributed by atoms with Crippen LogP contribution in [0.15, 0.2) is 47.7 Å². The van der Waals surface area contributed by atoms with E-state index >= 15 is 0 Å². The standard InChI is InChI=1S/C22H18F3NO8/c1-29-20(27)14-9-31-10-26(19(14)21(28)30-2)15-7-12(22(23,24)25)3-5-16(15)34-13-4-6-17-18(8-13)33-11-32-17/h3-8H,9-11H2,1-2H3. The fourth-order valence-electron chi connectivity index (χ4n) is 3.39. The Hall–Kier alpha value is -3.93. The molecule has 0 spiro atoms. The highest BCUT2D eigenvalue weighted by Crippen LogP contribution is 2.43. The number of anilines is 1. The molecule has 12 heteroatoms. The molecule has 0 atom stereocenters. The number of nitrogens with zero attached hydrogens (tertiary/aromatic N) is 1. The van der Waals surface area contributed by atoms with Crippen LogP contribution in [-0.4, -0.2) is 46.3 Å². The van der Waals surface area contributed by atoms with Crippen LogP contribution in [-0.2, 0) is 30.0 Å². The van der Waals surface area contributed by atoms with Gasteiger partial charge in [-0.3, -0.25) is 0 Å². The zero-order chi connectivity index (χ0) is 24.5. The summed E-state index contributed by atoms with van der Waals surface area (Å²) in [4.78, 5) is 25.9. The van der Waals surface area contributed by atoms with Crippen LogP contribution < -0.4 is 19.1 Å². The molecule has 0 N–H and O–H groups in total. The smallest absolute Gasteiger partial charge is 0.416 e. The lowest BCUT2D eigenvalue weighted by Crippen LogP contribution is -2.39. The SMILES string of the molecule is COC(=O)C1=C(C(=O)OC)N(c2cc(C(F)(F)F)ccc2Oc2ccc3c(c2)OCO3)COC1. The number of fused-ring (bicyclic) bond motifs is 1. The molecule has 2 aromatic carbocycles. The molecule has 2 aliphatic rings. The van der Waals surface area contributed by atoms with Crippen molar-refractivity contribution in [3.63, 3.8) is 0 Å². The fourth-order valence-corrected chi connectivity index (χ4v) is 3.39. The molecule has 4 rings (SSSR count). The number of benzene rings is 2. The highest BCUT2D eigenvalue weighted by atomic mass is 19.4. The van der Waals surface area contributed by atoms with E-state index in [1.165, 1.54) is 6.07 Å². The van der Waals surface area contributed by atoms with E-state index in [9.17, 15) is 22.8 Å². The second-order valence-corrected chi connectivity index (χ2v) is 7.01. The number of ether oxygens (including phenoxy) is 6. The molecular formula is C22H18F3NO8. The summed E-state index contributed by atoms with van der Waals surface area (Å²) in [6.45, 7) is -0.631. The molecule has 0 radical (unpaired) electrons. The van der Waals surface area contributed by atoms with Gasteiger partial charge in [-0.1, -0.05) is 0 Å². The Labute approximate surface area is 191 Å². The molecule has 9 nitrogen and oxygen atoms in total. The van der Waals surface area contributed by atoms with Crippen LogP contribution >= 0.6 is 0 Å². The highest BCUT2D eigenvalue weighted by Gasteiger charge is 2.36. The largest absolute Gasteiger partial charge is 0.466 e. The molecule has 0 unspecified atom stereocenters. The lowest BCUT2D eigenvalue weighted by atomic mass is 10.1. The molecule has 0 saturated heterocycles. The number of hydrogen-bond donors (Lipinski definition) is 0. The Balaban J connectivity index is 1.84. The maximum atomic E-state index is 13.5. The van der Waals surface area contributed by atoms with Crippen LogP contribution in [0, 0.1) is 0 Å². The van der Waals surface area contributed by atoms with Crippen molar-refractivity contribution >= 4 is 17.6 Å². The zero-order valence-corrected chi connectivity index (χ0v) is 17.9. The van der Waals surface area contributed by atoms with Crippen molar-refractivity contribution in [2.24, 2.45) is 0 Å². The second kappa shape index (κ2) is 9.14. The Morgan fingerprint density at radius 1 is 0.971 bits per heavy atom. The summed E-state index contributed by atoms with van der Waals surface area (Å²) < 4.78 is 71.8. The van der Waals surface area contributed by atoms with Crippen molar-refractivity contribution in [1.29, 1.82) is 0 Å². The molecule has 0 aromatic heterocycles. The van der Waals surface area contributed by atoms with Gasteiger partial charge in [-0.15, -0.1) is 0 Å². The average molecular weight is 481 g/mol. The number of rotatable bonds is 5. The number of hydrogen-bond acceptors (Lipinski definition) is 9. The zero-order valence-electron chi connectivity index (χ0n) is 17.9. The molecule has 2 aromatic rings. The minimum Gasteiger partial charge on any atom is -0.466 e. The normalized spacial score (nSPS) is 15.3. The van der Waals surface area contributed by atoms with Crippen molar-refractivity contribution in [2.75, 3.05) is 39.3 Å². The Morgan fingerprint density at radius 3 is 2.41 bits per heavy atom. The van der Waals surface area contributed by atoms with Gasteiger partial charge >= 0.3 is 18.1 Å². The minimum atomic E-state index is -4.69. The Kier molecular flexibility index (Phi) is 6.24. The van der Waals surface area contributed by atoms with Gasteiger partial charge in [0, 0.05) is 6.07 Å². The molecule has 0 fully saturated rings. The van der Waals surface area contributed by atoms with Crippen LogP contribution in [0.4, 0.5) is 18.9 Å². The number of alkyl halides is 3. The molecule has 0 bridgehead atoms. The molecule has 180 valence electrons. The van der Waals surface area contributed by atoms with Crippen molar-refractivity contribution in [1.82, 2.24) is 0 Å². The summed E-state index contributed by atoms with van der Waals surface area (Å²) in [5.41, 5.74) is -1.73. The monoisotopic (exact) mass is 481 g/mol. The quantitative estimate of drug-likeness (QED) is 0.594. The average Bonchev–Trinajstić information content (AvgIpc) is 3.30. The van der Waals surface area contributed by atoms with E-state index in [4.69, 9.17) is 28.4 Å². The molecular weight excluding hydrogens is 463 g/mol. The predicted octanol–water partition coefficient (Wildman–Crippen LogP) is 3.62. The van der Waals surface area contributed by atoms with Crippen LogP contribution in [0.2, 0.25) is 0 Å². The topological polar surface area (TPSA) is 92.8 Å². The van der Waals surface area contributed by atoms with Gasteiger partial charge in [-0.25, -0.2) is 9.59 Å². The Morgan fingerprint density at radius 2 is 1.71 bits per heavy atom. The number of methoxy groups -OCH3 is 2. The molecule has 0 saturated carbocycles. The van der Waals surface area contributed by atoms with Crippen LogP contribution in [0.3, 0.4) is 0 Å². The van der Waals surface area contributed by atoms with E-state index < -0.39 is 23.7 Å². The molecule has 2 aliphatic heterocycles. The third-order valence-electron chi connectivity index (χ3n) is 4.98. The first-order valence-corrected chi connectivity index (χ1v) is 9.76. The van der Waals surface area contributed by atoms with E-state index in [0.29, 0.717) is 11.5 Å². The molecule has 2 heterocycles. The van der Waals surface area contributed by atoms with E-state index in [0.717, 1.165) is 37.3 Å². The summed E-state index contributed by atoms with van der Waals surface area (Å²) in [6.07, 6.45) is -4.69. The maximum Gasteiger partial charge on any atom is 0.416 e. The number of halogens is 3. The first-order chi connectivity index (χ1) is 16.2. The van der Waals surface area contributed by atoms with Gasteiger partial charge in [0.2, 0.25) is 6.79 Å². The van der Waals surface area contributed by atoms with Gasteiger partial charge in [-0.05, 0) is 30.3 Å². The third kappa shape index (κ3) is 4.44. The molecule has 0 aliphatic carbocycles. The van der Waals surface area contributed by atoms with Gasteiger partial charge in [0.25, 0.3) is 0 Å². The predicted molar refractivity (Wildman–Crippen MR) is 108 cm³/mol. The fraction of sp³-hybridized carbons (Fsp3) is 0.273. The van der Waals surface area contributed by atoms with Crippen molar-refractivity contribution in [3.05, 3.63) is 53.2 Å². The van der Waals surface area contributed by atoms with E-state index in [2.05, 4.69) is 0 Å². The Bertz CT molecular complexity index is 1160. The molecule has 0 amide bonds. The number of carbonyl (C=O) groups excluding carboxylic acids is 2. The van der Waals surface area contributed by atoms with Gasteiger partial charge < -0.3 is 33.3 Å². The summed E-state index contributed by atoms with van der Waals surface area (Å²) in [6, 6.07) is 7.35. The lowest BCUT2D eigenvalue weighted by molar-refractivity contribution is -0.140. The summed E-state index contributed by atoms with van der Waals surface area (Å²) in [7, 11) is 2.18. The number of carbonyl (C=O) groups is 2. The van der Waals surface area contributed by atoms with Crippen molar-refractivity contribution < 1.29 is 51.2 Å². The van der Waals surface area contributed by atoms with Crippen LogP contribution in [0.1, 0.15) is 5.56 Å². The lowest BCUT2D eigenvalue weighted by Gasteiger charge is -2.32. The maximum absolute atomic E-state index is 13.5. The van der Waals surface area contributed by atoms with Gasteiger partial charge in [0.1, 0.15) is 18.2 Å². The number of esters is 2. The van der Waals surface area contributed by atoms with Crippen LogP contribution in [0.5, 0.6) is 23.0 Å². The highest BCUT2D eigenvalue weighted by molar-refractivity contribution is 6.03.